The Bertz CT molecular complexity index is 534. The van der Waals surface area contributed by atoms with E-state index in [1.165, 1.54) is 24.2 Å². The fourth-order valence-electron chi connectivity index (χ4n) is 2.32. The minimum Gasteiger partial charge on any atom is -0.310 e. The van der Waals surface area contributed by atoms with Crippen molar-refractivity contribution in [1.29, 1.82) is 0 Å². The van der Waals surface area contributed by atoms with E-state index in [9.17, 15) is 8.42 Å². The van der Waals surface area contributed by atoms with Crippen LogP contribution >= 0.6 is 11.3 Å². The average molecular weight is 332 g/mol. The van der Waals surface area contributed by atoms with Gasteiger partial charge in [-0.05, 0) is 42.9 Å². The highest BCUT2D eigenvalue weighted by molar-refractivity contribution is 7.91. The topological polar surface area (TPSA) is 61.4 Å². The van der Waals surface area contributed by atoms with Crippen LogP contribution in [-0.2, 0) is 16.6 Å². The molecule has 0 unspecified atom stereocenters. The normalized spacial score (nSPS) is 16.9. The smallest absolute Gasteiger partial charge is 0.250 e. The minimum atomic E-state index is -3.36. The summed E-state index contributed by atoms with van der Waals surface area (Å²) in [5, 5.41) is 5.20. The predicted octanol–water partition coefficient (Wildman–Crippen LogP) is 1.62. The summed E-state index contributed by atoms with van der Waals surface area (Å²) in [7, 11) is -3.36. The average Bonchev–Trinajstić information content (AvgIpc) is 3.07. The Morgan fingerprint density at radius 2 is 2.05 bits per heavy atom. The number of hydrogen-bond acceptors (Lipinski definition) is 5. The van der Waals surface area contributed by atoms with Gasteiger partial charge in [0, 0.05) is 25.7 Å². The summed E-state index contributed by atoms with van der Waals surface area (Å²) in [5.74, 6) is 0. The van der Waals surface area contributed by atoms with Crippen molar-refractivity contribution in [2.45, 2.75) is 43.5 Å². The highest BCUT2D eigenvalue weighted by atomic mass is 32.2. The monoisotopic (exact) mass is 331 g/mol. The van der Waals surface area contributed by atoms with Gasteiger partial charge in [0.1, 0.15) is 4.21 Å². The largest absolute Gasteiger partial charge is 0.310 e. The maximum absolute atomic E-state index is 12.2. The molecule has 1 saturated heterocycles. The quantitative estimate of drug-likeness (QED) is 0.760. The first kappa shape index (κ1) is 16.9. The van der Waals surface area contributed by atoms with E-state index in [0.29, 0.717) is 23.3 Å². The van der Waals surface area contributed by atoms with Crippen LogP contribution in [0.4, 0.5) is 0 Å². The molecule has 0 aromatic carbocycles. The lowest BCUT2D eigenvalue weighted by molar-refractivity contribution is 0.344. The summed E-state index contributed by atoms with van der Waals surface area (Å²) < 4.78 is 27.5. The molecular weight excluding hydrogens is 306 g/mol. The fourth-order valence-corrected chi connectivity index (χ4v) is 4.60. The molecule has 5 nitrogen and oxygen atoms in total. The van der Waals surface area contributed by atoms with Crippen molar-refractivity contribution >= 4 is 21.4 Å². The van der Waals surface area contributed by atoms with Gasteiger partial charge in [-0.2, -0.15) is 0 Å². The van der Waals surface area contributed by atoms with Crippen LogP contribution in [0.1, 0.15) is 32.3 Å². The Kier molecular flexibility index (Phi) is 6.19. The predicted molar refractivity (Wildman–Crippen MR) is 87.2 cm³/mol. The van der Waals surface area contributed by atoms with Crippen molar-refractivity contribution in [2.75, 3.05) is 26.2 Å². The molecule has 2 N–H and O–H groups in total. The van der Waals surface area contributed by atoms with E-state index in [0.717, 1.165) is 25.2 Å². The number of rotatable bonds is 8. The molecule has 0 radical (unpaired) electrons. The third-order valence-corrected chi connectivity index (χ3v) is 6.48. The number of sulfonamides is 1. The van der Waals surface area contributed by atoms with Crippen LogP contribution in [0.2, 0.25) is 0 Å². The lowest BCUT2D eigenvalue weighted by atomic mass is 10.3. The van der Waals surface area contributed by atoms with Crippen molar-refractivity contribution in [2.24, 2.45) is 0 Å². The lowest BCUT2D eigenvalue weighted by Gasteiger charge is -2.14. The Morgan fingerprint density at radius 3 is 2.71 bits per heavy atom. The van der Waals surface area contributed by atoms with Gasteiger partial charge < -0.3 is 10.2 Å². The van der Waals surface area contributed by atoms with E-state index in [4.69, 9.17) is 0 Å². The van der Waals surface area contributed by atoms with Gasteiger partial charge in [-0.15, -0.1) is 11.3 Å². The fraction of sp³-hybridized carbons (Fsp3) is 0.714. The van der Waals surface area contributed by atoms with Gasteiger partial charge in [-0.25, -0.2) is 13.1 Å². The van der Waals surface area contributed by atoms with Crippen LogP contribution in [0.5, 0.6) is 0 Å². The van der Waals surface area contributed by atoms with E-state index in [1.54, 1.807) is 6.07 Å². The maximum Gasteiger partial charge on any atom is 0.250 e. The molecule has 21 heavy (non-hydrogen) atoms. The van der Waals surface area contributed by atoms with E-state index in [2.05, 4.69) is 28.8 Å². The number of nitrogens with one attached hydrogen (secondary N) is 2. The molecule has 0 spiro atoms. The van der Waals surface area contributed by atoms with Crippen molar-refractivity contribution in [3.8, 4) is 0 Å². The molecule has 1 aromatic heterocycles. The van der Waals surface area contributed by atoms with E-state index >= 15 is 0 Å². The highest BCUT2D eigenvalue weighted by Crippen LogP contribution is 2.20. The van der Waals surface area contributed by atoms with Crippen molar-refractivity contribution in [3.63, 3.8) is 0 Å². The second kappa shape index (κ2) is 7.69. The number of hydrogen-bond donors (Lipinski definition) is 2. The molecular formula is C14H25N3O2S2. The first-order valence-electron chi connectivity index (χ1n) is 7.50. The molecule has 1 aliphatic rings. The molecule has 2 heterocycles. The van der Waals surface area contributed by atoms with Gasteiger partial charge in [0.2, 0.25) is 10.0 Å². The number of nitrogens with zero attached hydrogens (tertiary/aromatic N) is 1. The lowest BCUT2D eigenvalue weighted by Crippen LogP contribution is -2.33. The molecule has 120 valence electrons. The summed E-state index contributed by atoms with van der Waals surface area (Å²) in [5.41, 5.74) is 1.02. The van der Waals surface area contributed by atoms with Gasteiger partial charge in [0.05, 0.1) is 0 Å². The molecule has 7 heteroatoms. The van der Waals surface area contributed by atoms with Gasteiger partial charge in [0.15, 0.2) is 0 Å². The van der Waals surface area contributed by atoms with Gasteiger partial charge in [-0.3, -0.25) is 0 Å². The third kappa shape index (κ3) is 5.34. The van der Waals surface area contributed by atoms with Crippen LogP contribution in [0, 0.1) is 0 Å². The zero-order chi connectivity index (χ0) is 15.3. The standard InChI is InChI=1S/C14H25N3O2S2/c1-12(2)15-10-13-9-14(20-11-13)21(18,19)16-5-8-17-6-3-4-7-17/h9,11-12,15-16H,3-8,10H2,1-2H3. The second-order valence-corrected chi connectivity index (χ2v) is 8.66. The summed E-state index contributed by atoms with van der Waals surface area (Å²) in [6.07, 6.45) is 2.45. The van der Waals surface area contributed by atoms with Gasteiger partial charge in [-0.1, -0.05) is 13.8 Å². The van der Waals surface area contributed by atoms with Crippen LogP contribution in [0.25, 0.3) is 0 Å². The van der Waals surface area contributed by atoms with E-state index in [-0.39, 0.29) is 0 Å². The zero-order valence-electron chi connectivity index (χ0n) is 12.8. The molecule has 1 fully saturated rings. The minimum absolute atomic E-state index is 0.392. The molecule has 0 bridgehead atoms. The zero-order valence-corrected chi connectivity index (χ0v) is 14.4. The third-order valence-electron chi connectivity index (χ3n) is 3.53. The summed E-state index contributed by atoms with van der Waals surface area (Å²) in [4.78, 5) is 2.30. The number of thiophene rings is 1. The molecule has 0 aliphatic carbocycles. The summed E-state index contributed by atoms with van der Waals surface area (Å²) in [6.45, 7) is 8.31. The molecule has 0 saturated carbocycles. The molecule has 1 aromatic rings. The van der Waals surface area contributed by atoms with E-state index < -0.39 is 10.0 Å². The van der Waals surface area contributed by atoms with Crippen LogP contribution in [0.3, 0.4) is 0 Å². The summed E-state index contributed by atoms with van der Waals surface area (Å²) in [6, 6.07) is 2.15. The first-order chi connectivity index (χ1) is 9.97. The van der Waals surface area contributed by atoms with Gasteiger partial charge >= 0.3 is 0 Å². The second-order valence-electron chi connectivity index (χ2n) is 5.76. The van der Waals surface area contributed by atoms with Crippen molar-refractivity contribution in [1.82, 2.24) is 14.9 Å². The molecule has 2 rings (SSSR count). The Morgan fingerprint density at radius 1 is 1.33 bits per heavy atom. The molecule has 0 atom stereocenters. The summed E-state index contributed by atoms with van der Waals surface area (Å²) >= 11 is 1.29. The number of likely N-dealkylation sites (tertiary alicyclic amines) is 1. The maximum atomic E-state index is 12.2. The van der Waals surface area contributed by atoms with Crippen molar-refractivity contribution in [3.05, 3.63) is 17.0 Å². The van der Waals surface area contributed by atoms with E-state index in [1.807, 2.05) is 5.38 Å². The van der Waals surface area contributed by atoms with Crippen LogP contribution < -0.4 is 10.0 Å². The Hall–Kier alpha value is -0.470. The molecule has 0 amide bonds. The van der Waals surface area contributed by atoms with Crippen LogP contribution in [-0.4, -0.2) is 45.5 Å². The Balaban J connectivity index is 1.83. The van der Waals surface area contributed by atoms with Crippen molar-refractivity contribution < 1.29 is 8.42 Å². The first-order valence-corrected chi connectivity index (χ1v) is 9.86. The van der Waals surface area contributed by atoms with Crippen LogP contribution in [0.15, 0.2) is 15.7 Å². The van der Waals surface area contributed by atoms with Gasteiger partial charge in [0.25, 0.3) is 0 Å². The molecule has 1 aliphatic heterocycles. The highest BCUT2D eigenvalue weighted by Gasteiger charge is 2.17. The SMILES string of the molecule is CC(C)NCc1csc(S(=O)(=O)NCCN2CCCC2)c1. The Labute approximate surface area is 131 Å².